The average Bonchev–Trinajstić information content (AvgIpc) is 3.16. The van der Waals surface area contributed by atoms with E-state index in [-0.39, 0.29) is 0 Å². The minimum atomic E-state index is 0.413. The molecule has 150 valence electrons. The Morgan fingerprint density at radius 2 is 1.54 bits per heavy atom. The topological polar surface area (TPSA) is 0 Å². The zero-order chi connectivity index (χ0) is 19.7. The van der Waals surface area contributed by atoms with E-state index < -0.39 is 0 Å². The van der Waals surface area contributed by atoms with Gasteiger partial charge >= 0.3 is 0 Å². The van der Waals surface area contributed by atoms with Gasteiger partial charge in [0, 0.05) is 0 Å². The van der Waals surface area contributed by atoms with Crippen molar-refractivity contribution in [3.63, 3.8) is 0 Å². The summed E-state index contributed by atoms with van der Waals surface area (Å²) in [7, 11) is 0. The van der Waals surface area contributed by atoms with Crippen LogP contribution in [0.25, 0.3) is 0 Å². The molecule has 0 N–H and O–H groups in total. The average molecular weight is 359 g/mol. The van der Waals surface area contributed by atoms with E-state index in [4.69, 9.17) is 0 Å². The Labute approximate surface area is 164 Å². The predicted molar refractivity (Wildman–Crippen MR) is 115 cm³/mol. The van der Waals surface area contributed by atoms with Crippen LogP contribution in [0.2, 0.25) is 0 Å². The molecule has 0 spiro atoms. The lowest BCUT2D eigenvalue weighted by atomic mass is 9.51. The number of hydrogen-bond donors (Lipinski definition) is 0. The van der Waals surface area contributed by atoms with E-state index in [9.17, 15) is 0 Å². The first-order valence-electron chi connectivity index (χ1n) is 11.5. The van der Waals surface area contributed by atoms with Gasteiger partial charge in [-0.15, -0.1) is 0 Å². The van der Waals surface area contributed by atoms with Crippen LogP contribution < -0.4 is 0 Å². The summed E-state index contributed by atoms with van der Waals surface area (Å²) in [4.78, 5) is 0. The molecular formula is C26H46. The first kappa shape index (κ1) is 20.5. The molecule has 0 heterocycles. The lowest BCUT2D eigenvalue weighted by Crippen LogP contribution is -2.45. The number of allylic oxidation sites excluding steroid dienone is 2. The monoisotopic (exact) mass is 358 g/mol. The van der Waals surface area contributed by atoms with Crippen molar-refractivity contribution in [1.82, 2.24) is 0 Å². The Bertz CT molecular complexity index is 577. The molecule has 26 heavy (non-hydrogen) atoms. The summed E-state index contributed by atoms with van der Waals surface area (Å²) in [6.45, 7) is 25.3. The normalized spacial score (nSPS) is 45.7. The molecule has 0 aromatic heterocycles. The zero-order valence-electron chi connectivity index (χ0n) is 19.5. The summed E-state index contributed by atoms with van der Waals surface area (Å²) < 4.78 is 0. The largest absolute Gasteiger partial charge is 0.0784 e. The van der Waals surface area contributed by atoms with Gasteiger partial charge in [-0.3, -0.25) is 0 Å². The second-order valence-electron chi connectivity index (χ2n) is 12.7. The zero-order valence-corrected chi connectivity index (χ0v) is 19.5. The first-order valence-corrected chi connectivity index (χ1v) is 11.5. The van der Waals surface area contributed by atoms with Crippen LogP contribution in [0, 0.1) is 51.2 Å². The maximum atomic E-state index is 2.75. The highest BCUT2D eigenvalue weighted by Gasteiger charge is 2.63. The minimum absolute atomic E-state index is 0.413. The second-order valence-corrected chi connectivity index (χ2v) is 12.7. The third-order valence-electron chi connectivity index (χ3n) is 10.2. The number of fused-ring (bicyclic) bond motifs is 6. The van der Waals surface area contributed by atoms with E-state index >= 15 is 0 Å². The van der Waals surface area contributed by atoms with Gasteiger partial charge in [0.1, 0.15) is 0 Å². The minimum Gasteiger partial charge on any atom is -0.0784 e. The summed E-state index contributed by atoms with van der Waals surface area (Å²) >= 11 is 0. The Balaban J connectivity index is 1.96. The molecule has 2 bridgehead atoms. The summed E-state index contributed by atoms with van der Waals surface area (Å²) in [5.74, 6) is 4.10. The second kappa shape index (κ2) is 6.12. The van der Waals surface area contributed by atoms with E-state index in [1.165, 1.54) is 32.1 Å². The maximum absolute atomic E-state index is 2.75. The van der Waals surface area contributed by atoms with E-state index in [1.807, 2.05) is 5.57 Å². The van der Waals surface area contributed by atoms with Gasteiger partial charge < -0.3 is 0 Å². The molecule has 0 heteroatoms. The van der Waals surface area contributed by atoms with Gasteiger partial charge in [-0.25, -0.2) is 0 Å². The van der Waals surface area contributed by atoms with Crippen LogP contribution in [0.1, 0.15) is 101 Å². The lowest BCUT2D eigenvalue weighted by Gasteiger charge is -2.53. The van der Waals surface area contributed by atoms with Crippen LogP contribution >= 0.6 is 0 Å². The van der Waals surface area contributed by atoms with Crippen LogP contribution in [0.5, 0.6) is 0 Å². The fourth-order valence-electron chi connectivity index (χ4n) is 6.84. The number of rotatable bonds is 2. The van der Waals surface area contributed by atoms with Crippen molar-refractivity contribution in [3.8, 4) is 0 Å². The highest BCUT2D eigenvalue weighted by atomic mass is 14.7. The molecule has 0 radical (unpaired) electrons. The molecule has 0 amide bonds. The first-order chi connectivity index (χ1) is 11.7. The fraction of sp³-hybridized carbons (Fsp3) is 0.923. The van der Waals surface area contributed by atoms with Gasteiger partial charge in [0.15, 0.2) is 0 Å². The highest BCUT2D eigenvalue weighted by molar-refractivity contribution is 5.34. The van der Waals surface area contributed by atoms with E-state index in [0.29, 0.717) is 21.7 Å². The van der Waals surface area contributed by atoms with Gasteiger partial charge in [-0.2, -0.15) is 0 Å². The molecule has 0 aromatic carbocycles. The third-order valence-corrected chi connectivity index (χ3v) is 10.2. The Hall–Kier alpha value is -0.260. The molecule has 4 rings (SSSR count). The molecule has 4 aliphatic carbocycles. The van der Waals surface area contributed by atoms with Crippen molar-refractivity contribution in [2.24, 2.45) is 51.2 Å². The summed E-state index contributed by atoms with van der Waals surface area (Å²) in [5.41, 5.74) is 3.66. The summed E-state index contributed by atoms with van der Waals surface area (Å²) in [5, 5.41) is 0. The molecule has 6 atom stereocenters. The van der Waals surface area contributed by atoms with Crippen LogP contribution in [0.15, 0.2) is 11.6 Å². The molecule has 4 aliphatic rings. The molecule has 2 fully saturated rings. The van der Waals surface area contributed by atoms with Crippen molar-refractivity contribution in [3.05, 3.63) is 11.6 Å². The van der Waals surface area contributed by atoms with Gasteiger partial charge in [-0.05, 0) is 76.9 Å². The van der Waals surface area contributed by atoms with Crippen LogP contribution in [-0.2, 0) is 0 Å². The predicted octanol–water partition coefficient (Wildman–Crippen LogP) is 8.13. The molecular weight excluding hydrogens is 312 g/mol. The fourth-order valence-corrected chi connectivity index (χ4v) is 6.84. The van der Waals surface area contributed by atoms with E-state index in [0.717, 1.165) is 29.6 Å². The molecule has 6 unspecified atom stereocenters. The van der Waals surface area contributed by atoms with Crippen LogP contribution in [-0.4, -0.2) is 0 Å². The Morgan fingerprint density at radius 3 is 2.08 bits per heavy atom. The molecule has 0 aromatic rings. The standard InChI is InChI=1S/C26H46/c1-17(2)24(7,8)22-12-11-18(3)19(4)13-23(5,6)26(10)16-21(26)20-14-25(22,9)15-20/h14,17-19,21-22H,11-13,15-16H2,1-10H3. The lowest BCUT2D eigenvalue weighted by molar-refractivity contribution is 0.0194. The van der Waals surface area contributed by atoms with Gasteiger partial charge in [0.2, 0.25) is 0 Å². The molecule has 0 nitrogen and oxygen atoms in total. The van der Waals surface area contributed by atoms with Crippen molar-refractivity contribution in [1.29, 1.82) is 0 Å². The smallest absolute Gasteiger partial charge is 0.00731 e. The molecule has 0 aliphatic heterocycles. The van der Waals surface area contributed by atoms with Crippen molar-refractivity contribution in [2.45, 2.75) is 101 Å². The van der Waals surface area contributed by atoms with Crippen LogP contribution in [0.4, 0.5) is 0 Å². The highest BCUT2D eigenvalue weighted by Crippen LogP contribution is 2.71. The third kappa shape index (κ3) is 3.02. The van der Waals surface area contributed by atoms with Gasteiger partial charge in [-0.1, -0.05) is 87.3 Å². The van der Waals surface area contributed by atoms with Crippen molar-refractivity contribution < 1.29 is 0 Å². The van der Waals surface area contributed by atoms with Crippen LogP contribution in [0.3, 0.4) is 0 Å². The Morgan fingerprint density at radius 1 is 0.962 bits per heavy atom. The van der Waals surface area contributed by atoms with Gasteiger partial charge in [0.05, 0.1) is 0 Å². The maximum Gasteiger partial charge on any atom is -0.00731 e. The SMILES string of the molecule is CC1CCC(C(C)(C)C(C)C)C2(C)C=C(C2)C2CC2(C)C(C)(C)CC1C. The van der Waals surface area contributed by atoms with Gasteiger partial charge in [0.25, 0.3) is 0 Å². The molecule has 2 saturated carbocycles. The summed E-state index contributed by atoms with van der Waals surface area (Å²) in [6.07, 6.45) is 9.75. The summed E-state index contributed by atoms with van der Waals surface area (Å²) in [6, 6.07) is 0. The van der Waals surface area contributed by atoms with Crippen molar-refractivity contribution in [2.75, 3.05) is 0 Å². The molecule has 0 saturated heterocycles. The quantitative estimate of drug-likeness (QED) is 0.437. The van der Waals surface area contributed by atoms with E-state index in [2.05, 4.69) is 75.3 Å². The van der Waals surface area contributed by atoms with Crippen molar-refractivity contribution >= 4 is 0 Å². The van der Waals surface area contributed by atoms with E-state index in [1.54, 1.807) is 0 Å². The number of hydrogen-bond acceptors (Lipinski definition) is 0. The Kier molecular flexibility index (Phi) is 4.82.